The topological polar surface area (TPSA) is 55.6 Å². The van der Waals surface area contributed by atoms with E-state index in [1.807, 2.05) is 0 Å². The van der Waals surface area contributed by atoms with E-state index in [4.69, 9.17) is 22.2 Å². The number of rotatable bonds is 1. The lowest BCUT2D eigenvalue weighted by Gasteiger charge is -2.26. The van der Waals surface area contributed by atoms with Crippen LogP contribution in [-0.2, 0) is 4.84 Å². The smallest absolute Gasteiger partial charge is 0.279 e. The number of carbonyl (C=O) groups excluding carboxylic acids is 1. The van der Waals surface area contributed by atoms with E-state index >= 15 is 0 Å². The van der Waals surface area contributed by atoms with Crippen LogP contribution in [0.15, 0.2) is 18.2 Å². The molecular formula is C11H13ClN2O2. The molecule has 1 saturated heterocycles. The van der Waals surface area contributed by atoms with Crippen LogP contribution in [0.4, 0.5) is 5.69 Å². The Kier molecular flexibility index (Phi) is 3.31. The summed E-state index contributed by atoms with van der Waals surface area (Å²) in [7, 11) is 0. The number of hydrogen-bond acceptors (Lipinski definition) is 3. The van der Waals surface area contributed by atoms with Gasteiger partial charge in [-0.2, -0.15) is 0 Å². The van der Waals surface area contributed by atoms with Gasteiger partial charge in [-0.1, -0.05) is 11.6 Å². The number of nitrogen functional groups attached to an aromatic ring is 1. The number of amides is 1. The Balaban J connectivity index is 2.22. The molecule has 0 saturated carbocycles. The predicted molar refractivity (Wildman–Crippen MR) is 62.1 cm³/mol. The van der Waals surface area contributed by atoms with Crippen molar-refractivity contribution >= 4 is 23.2 Å². The molecule has 1 heterocycles. The average Bonchev–Trinajstić information content (AvgIpc) is 2.32. The standard InChI is InChI=1S/C11H13ClN2O2/c12-8-3-4-10(13)9(7-8)11(15)14-5-1-2-6-16-14/h3-4,7H,1-2,5-6,13H2. The largest absolute Gasteiger partial charge is 0.398 e. The summed E-state index contributed by atoms with van der Waals surface area (Å²) >= 11 is 5.83. The van der Waals surface area contributed by atoms with Crippen LogP contribution in [0.2, 0.25) is 5.02 Å². The van der Waals surface area contributed by atoms with Gasteiger partial charge in [0.1, 0.15) is 0 Å². The van der Waals surface area contributed by atoms with E-state index in [0.717, 1.165) is 12.8 Å². The molecule has 1 aliphatic heterocycles. The van der Waals surface area contributed by atoms with Gasteiger partial charge in [0, 0.05) is 17.3 Å². The third-order valence-electron chi connectivity index (χ3n) is 2.47. The molecule has 0 spiro atoms. The molecule has 2 rings (SSSR count). The number of benzene rings is 1. The summed E-state index contributed by atoms with van der Waals surface area (Å²) in [6, 6.07) is 4.85. The Morgan fingerprint density at radius 2 is 2.25 bits per heavy atom. The minimum atomic E-state index is -0.222. The maximum atomic E-state index is 12.0. The zero-order chi connectivity index (χ0) is 11.5. The number of nitrogens with two attached hydrogens (primary N) is 1. The van der Waals surface area contributed by atoms with Crippen molar-refractivity contribution in [3.8, 4) is 0 Å². The number of hydroxylamine groups is 2. The zero-order valence-electron chi connectivity index (χ0n) is 8.78. The minimum Gasteiger partial charge on any atom is -0.398 e. The Morgan fingerprint density at radius 1 is 1.44 bits per heavy atom. The fourth-order valence-corrected chi connectivity index (χ4v) is 1.78. The van der Waals surface area contributed by atoms with Crippen LogP contribution >= 0.6 is 11.6 Å². The molecule has 1 amide bonds. The first-order valence-electron chi connectivity index (χ1n) is 5.18. The van der Waals surface area contributed by atoms with E-state index in [1.165, 1.54) is 5.06 Å². The highest BCUT2D eigenvalue weighted by molar-refractivity contribution is 6.31. The van der Waals surface area contributed by atoms with Gasteiger partial charge in [0.15, 0.2) is 0 Å². The second kappa shape index (κ2) is 4.72. The lowest BCUT2D eigenvalue weighted by Crippen LogP contribution is -2.36. The zero-order valence-corrected chi connectivity index (χ0v) is 9.54. The quantitative estimate of drug-likeness (QED) is 0.765. The van der Waals surface area contributed by atoms with Crippen LogP contribution in [0.3, 0.4) is 0 Å². The normalized spacial score (nSPS) is 16.2. The molecule has 0 bridgehead atoms. The molecule has 4 nitrogen and oxygen atoms in total. The van der Waals surface area contributed by atoms with E-state index in [1.54, 1.807) is 18.2 Å². The summed E-state index contributed by atoms with van der Waals surface area (Å²) in [5.41, 5.74) is 6.55. The molecule has 0 aromatic heterocycles. The highest BCUT2D eigenvalue weighted by Crippen LogP contribution is 2.21. The fraction of sp³-hybridized carbons (Fsp3) is 0.364. The summed E-state index contributed by atoms with van der Waals surface area (Å²) in [6.45, 7) is 1.18. The van der Waals surface area contributed by atoms with Crippen molar-refractivity contribution in [3.63, 3.8) is 0 Å². The molecule has 1 aromatic carbocycles. The number of halogens is 1. The number of nitrogens with zero attached hydrogens (tertiary/aromatic N) is 1. The lowest BCUT2D eigenvalue weighted by molar-refractivity contribution is -0.144. The molecule has 0 unspecified atom stereocenters. The van der Waals surface area contributed by atoms with Gasteiger partial charge in [0.2, 0.25) is 0 Å². The Morgan fingerprint density at radius 3 is 2.94 bits per heavy atom. The summed E-state index contributed by atoms with van der Waals surface area (Å²) in [5, 5.41) is 1.85. The van der Waals surface area contributed by atoms with Crippen LogP contribution in [0, 0.1) is 0 Å². The molecule has 1 fully saturated rings. The van der Waals surface area contributed by atoms with Crippen LogP contribution < -0.4 is 5.73 Å². The first kappa shape index (κ1) is 11.2. The summed E-state index contributed by atoms with van der Waals surface area (Å²) in [4.78, 5) is 17.3. The molecule has 0 radical (unpaired) electrons. The van der Waals surface area contributed by atoms with Gasteiger partial charge in [0.05, 0.1) is 12.2 Å². The van der Waals surface area contributed by atoms with E-state index in [-0.39, 0.29) is 5.91 Å². The molecule has 5 heteroatoms. The average molecular weight is 241 g/mol. The van der Waals surface area contributed by atoms with Crippen molar-refractivity contribution < 1.29 is 9.63 Å². The van der Waals surface area contributed by atoms with Crippen LogP contribution in [0.1, 0.15) is 23.2 Å². The van der Waals surface area contributed by atoms with E-state index in [2.05, 4.69) is 0 Å². The van der Waals surface area contributed by atoms with Crippen LogP contribution in [0.25, 0.3) is 0 Å². The molecule has 1 aliphatic rings. The van der Waals surface area contributed by atoms with Gasteiger partial charge >= 0.3 is 0 Å². The van der Waals surface area contributed by atoms with Gasteiger partial charge in [-0.3, -0.25) is 9.63 Å². The first-order chi connectivity index (χ1) is 7.68. The maximum absolute atomic E-state index is 12.0. The molecule has 86 valence electrons. The fourth-order valence-electron chi connectivity index (χ4n) is 1.60. The number of carbonyl (C=O) groups is 1. The van der Waals surface area contributed by atoms with Crippen molar-refractivity contribution in [1.29, 1.82) is 0 Å². The van der Waals surface area contributed by atoms with Crippen LogP contribution in [0.5, 0.6) is 0 Å². The van der Waals surface area contributed by atoms with Gasteiger partial charge in [0.25, 0.3) is 5.91 Å². The lowest BCUT2D eigenvalue weighted by atomic mass is 10.1. The van der Waals surface area contributed by atoms with Crippen molar-refractivity contribution in [3.05, 3.63) is 28.8 Å². The maximum Gasteiger partial charge on any atom is 0.279 e. The Bertz CT molecular complexity index is 403. The second-order valence-corrected chi connectivity index (χ2v) is 4.12. The highest BCUT2D eigenvalue weighted by Gasteiger charge is 2.21. The van der Waals surface area contributed by atoms with Crippen LogP contribution in [-0.4, -0.2) is 24.1 Å². The third-order valence-corrected chi connectivity index (χ3v) is 2.71. The molecular weight excluding hydrogens is 228 g/mol. The molecule has 2 N–H and O–H groups in total. The minimum absolute atomic E-state index is 0.222. The molecule has 1 aromatic rings. The molecule has 16 heavy (non-hydrogen) atoms. The van der Waals surface area contributed by atoms with Crippen molar-refractivity contribution in [2.45, 2.75) is 12.8 Å². The van der Waals surface area contributed by atoms with Gasteiger partial charge < -0.3 is 5.73 Å². The molecule has 0 aliphatic carbocycles. The van der Waals surface area contributed by atoms with Gasteiger partial charge in [-0.25, -0.2) is 5.06 Å². The van der Waals surface area contributed by atoms with E-state index in [0.29, 0.717) is 29.4 Å². The van der Waals surface area contributed by atoms with Gasteiger partial charge in [-0.05, 0) is 31.0 Å². The SMILES string of the molecule is Nc1ccc(Cl)cc1C(=O)N1CCCCO1. The summed E-state index contributed by atoms with van der Waals surface area (Å²) in [6.07, 6.45) is 1.93. The highest BCUT2D eigenvalue weighted by atomic mass is 35.5. The van der Waals surface area contributed by atoms with E-state index < -0.39 is 0 Å². The second-order valence-electron chi connectivity index (χ2n) is 3.68. The number of hydrogen-bond donors (Lipinski definition) is 1. The van der Waals surface area contributed by atoms with Crippen molar-refractivity contribution in [1.82, 2.24) is 5.06 Å². The third kappa shape index (κ3) is 2.28. The summed E-state index contributed by atoms with van der Waals surface area (Å²) in [5.74, 6) is -0.222. The summed E-state index contributed by atoms with van der Waals surface area (Å²) < 4.78 is 0. The number of anilines is 1. The van der Waals surface area contributed by atoms with Crippen molar-refractivity contribution in [2.24, 2.45) is 0 Å². The van der Waals surface area contributed by atoms with Crippen molar-refractivity contribution in [2.75, 3.05) is 18.9 Å². The van der Waals surface area contributed by atoms with E-state index in [9.17, 15) is 4.79 Å². The van der Waals surface area contributed by atoms with Gasteiger partial charge in [-0.15, -0.1) is 0 Å². The Labute approximate surface area is 98.9 Å². The Hall–Kier alpha value is -1.26. The first-order valence-corrected chi connectivity index (χ1v) is 5.56. The monoisotopic (exact) mass is 240 g/mol. The predicted octanol–water partition coefficient (Wildman–Crippen LogP) is 2.09. The molecule has 0 atom stereocenters.